The Morgan fingerprint density at radius 2 is 1.48 bits per heavy atom. The lowest BCUT2D eigenvalue weighted by molar-refractivity contribution is -0.145. The predicted molar refractivity (Wildman–Crippen MR) is 120 cm³/mol. The zero-order chi connectivity index (χ0) is 25.1. The molecule has 11 nitrogen and oxygen atoms in total. The van der Waals surface area contributed by atoms with Crippen molar-refractivity contribution in [2.24, 2.45) is 11.7 Å². The second-order valence-corrected chi connectivity index (χ2v) is 7.97. The zero-order valence-corrected chi connectivity index (χ0v) is 19.0. The number of aliphatic carboxylic acids is 1. The molecule has 0 saturated carbocycles. The molecule has 0 aliphatic heterocycles. The monoisotopic (exact) mass is 466 g/mol. The number of carbonyl (C=O) groups is 4. The molecule has 11 heteroatoms. The van der Waals surface area contributed by atoms with Gasteiger partial charge in [-0.3, -0.25) is 14.4 Å². The Balaban J connectivity index is 3.01. The maximum absolute atomic E-state index is 12.9. The van der Waals surface area contributed by atoms with Gasteiger partial charge in [0.25, 0.3) is 0 Å². The summed E-state index contributed by atoms with van der Waals surface area (Å²) in [4.78, 5) is 49.1. The van der Waals surface area contributed by atoms with Crippen molar-refractivity contribution >= 4 is 23.7 Å². The van der Waals surface area contributed by atoms with Crippen molar-refractivity contribution in [3.05, 3.63) is 35.9 Å². The molecule has 3 amide bonds. The summed E-state index contributed by atoms with van der Waals surface area (Å²) in [6.07, 6.45) is -0.657. The van der Waals surface area contributed by atoms with E-state index >= 15 is 0 Å². The predicted octanol–water partition coefficient (Wildman–Crippen LogP) is -1.49. The van der Waals surface area contributed by atoms with Gasteiger partial charge in [0.1, 0.15) is 12.1 Å². The number of nitrogens with one attached hydrogen (secondary N) is 3. The molecule has 6 unspecified atom stereocenters. The van der Waals surface area contributed by atoms with E-state index in [-0.39, 0.29) is 12.3 Å². The third-order valence-corrected chi connectivity index (χ3v) is 5.34. The first-order valence-electron chi connectivity index (χ1n) is 10.7. The lowest BCUT2D eigenvalue weighted by atomic mass is 9.98. The number of aliphatic hydroxyl groups is 2. The van der Waals surface area contributed by atoms with Gasteiger partial charge >= 0.3 is 5.97 Å². The summed E-state index contributed by atoms with van der Waals surface area (Å²) in [7, 11) is 0. The van der Waals surface area contributed by atoms with Gasteiger partial charge in [-0.15, -0.1) is 0 Å². The number of hydrogen-bond donors (Lipinski definition) is 7. The standard InChI is InChI=1S/C22H34N4O7/c1-4-12(2)17(23)21(31)24-15(10-14-8-6-5-7-9-14)19(29)25-16(11-27)20(30)26-18(13(3)28)22(32)33/h5-9,12-13,15-18,27-28H,4,10-11,23H2,1-3H3,(H,24,31)(H,25,29)(H,26,30)(H,32,33). The largest absolute Gasteiger partial charge is 0.480 e. The van der Waals surface area contributed by atoms with Crippen LogP contribution in [0.15, 0.2) is 30.3 Å². The summed E-state index contributed by atoms with van der Waals surface area (Å²) >= 11 is 0. The lowest BCUT2D eigenvalue weighted by Gasteiger charge is -2.26. The number of amides is 3. The molecule has 1 rings (SSSR count). The molecule has 0 fully saturated rings. The molecule has 0 bridgehead atoms. The van der Waals surface area contributed by atoms with Crippen LogP contribution in [0.2, 0.25) is 0 Å². The Morgan fingerprint density at radius 1 is 0.939 bits per heavy atom. The minimum Gasteiger partial charge on any atom is -0.480 e. The number of nitrogens with two attached hydrogens (primary N) is 1. The molecular formula is C22H34N4O7. The Hall–Kier alpha value is -3.02. The van der Waals surface area contributed by atoms with Gasteiger partial charge < -0.3 is 37.0 Å². The number of rotatable bonds is 13. The van der Waals surface area contributed by atoms with Crippen LogP contribution in [-0.2, 0) is 25.6 Å². The molecular weight excluding hydrogens is 432 g/mol. The highest BCUT2D eigenvalue weighted by molar-refractivity contribution is 5.94. The highest BCUT2D eigenvalue weighted by Crippen LogP contribution is 2.08. The van der Waals surface area contributed by atoms with E-state index in [1.807, 2.05) is 13.8 Å². The number of carbonyl (C=O) groups excluding carboxylic acids is 3. The third-order valence-electron chi connectivity index (χ3n) is 5.34. The molecule has 184 valence electrons. The lowest BCUT2D eigenvalue weighted by Crippen LogP contribution is -2.59. The summed E-state index contributed by atoms with van der Waals surface area (Å²) in [6.45, 7) is 4.04. The fourth-order valence-corrected chi connectivity index (χ4v) is 2.95. The average Bonchev–Trinajstić information content (AvgIpc) is 2.79. The van der Waals surface area contributed by atoms with Crippen molar-refractivity contribution in [3.8, 4) is 0 Å². The van der Waals surface area contributed by atoms with Gasteiger partial charge in [0.15, 0.2) is 6.04 Å². The van der Waals surface area contributed by atoms with Gasteiger partial charge in [-0.2, -0.15) is 0 Å². The molecule has 0 aliphatic carbocycles. The minimum absolute atomic E-state index is 0.0941. The molecule has 0 radical (unpaired) electrons. The topological polar surface area (TPSA) is 191 Å². The van der Waals surface area contributed by atoms with E-state index in [1.165, 1.54) is 6.92 Å². The SMILES string of the molecule is CCC(C)C(N)C(=O)NC(Cc1ccccc1)C(=O)NC(CO)C(=O)NC(C(=O)O)C(C)O. The van der Waals surface area contributed by atoms with Crippen molar-refractivity contribution in [2.75, 3.05) is 6.61 Å². The molecule has 0 aromatic heterocycles. The quantitative estimate of drug-likeness (QED) is 0.183. The molecule has 8 N–H and O–H groups in total. The van der Waals surface area contributed by atoms with Crippen LogP contribution in [0.4, 0.5) is 0 Å². The number of aliphatic hydroxyl groups excluding tert-OH is 2. The molecule has 33 heavy (non-hydrogen) atoms. The Morgan fingerprint density at radius 3 is 1.97 bits per heavy atom. The Kier molecular flexibility index (Phi) is 11.5. The smallest absolute Gasteiger partial charge is 0.328 e. The van der Waals surface area contributed by atoms with Crippen LogP contribution in [0.25, 0.3) is 0 Å². The summed E-state index contributed by atoms with van der Waals surface area (Å²) in [6, 6.07) is 3.77. The fourth-order valence-electron chi connectivity index (χ4n) is 2.95. The highest BCUT2D eigenvalue weighted by Gasteiger charge is 2.32. The number of carboxylic acid groups (broad SMARTS) is 1. The van der Waals surface area contributed by atoms with E-state index in [9.17, 15) is 29.4 Å². The van der Waals surface area contributed by atoms with Crippen LogP contribution < -0.4 is 21.7 Å². The van der Waals surface area contributed by atoms with Crippen molar-refractivity contribution in [2.45, 2.75) is 63.9 Å². The van der Waals surface area contributed by atoms with E-state index < -0.39 is 60.6 Å². The summed E-state index contributed by atoms with van der Waals surface area (Å²) in [5.74, 6) is -3.91. The zero-order valence-electron chi connectivity index (χ0n) is 19.0. The van der Waals surface area contributed by atoms with Crippen molar-refractivity contribution in [1.29, 1.82) is 0 Å². The summed E-state index contributed by atoms with van der Waals surface area (Å²) in [5, 5.41) is 35.2. The van der Waals surface area contributed by atoms with Crippen LogP contribution in [-0.4, -0.2) is 75.9 Å². The van der Waals surface area contributed by atoms with Crippen molar-refractivity contribution < 1.29 is 34.5 Å². The first-order valence-corrected chi connectivity index (χ1v) is 10.7. The average molecular weight is 467 g/mol. The van der Waals surface area contributed by atoms with Crippen molar-refractivity contribution in [3.63, 3.8) is 0 Å². The van der Waals surface area contributed by atoms with Gasteiger partial charge in [-0.05, 0) is 18.4 Å². The molecule has 0 aliphatic rings. The first-order chi connectivity index (χ1) is 15.5. The second-order valence-electron chi connectivity index (χ2n) is 7.97. The highest BCUT2D eigenvalue weighted by atomic mass is 16.4. The van der Waals surface area contributed by atoms with Crippen LogP contribution in [0.1, 0.15) is 32.8 Å². The number of hydrogen-bond acceptors (Lipinski definition) is 7. The molecule has 1 aromatic rings. The van der Waals surface area contributed by atoms with Crippen LogP contribution >= 0.6 is 0 Å². The molecule has 6 atom stereocenters. The number of carboxylic acids is 1. The molecule has 0 heterocycles. The number of benzene rings is 1. The molecule has 1 aromatic carbocycles. The first kappa shape index (κ1) is 28.0. The van der Waals surface area contributed by atoms with Gasteiger partial charge in [0.2, 0.25) is 17.7 Å². The van der Waals surface area contributed by atoms with Crippen LogP contribution in [0, 0.1) is 5.92 Å². The van der Waals surface area contributed by atoms with E-state index in [0.717, 1.165) is 5.56 Å². The maximum atomic E-state index is 12.9. The fraction of sp³-hybridized carbons (Fsp3) is 0.545. The van der Waals surface area contributed by atoms with Gasteiger partial charge in [-0.1, -0.05) is 50.6 Å². The second kappa shape index (κ2) is 13.5. The van der Waals surface area contributed by atoms with Gasteiger partial charge in [0.05, 0.1) is 18.8 Å². The van der Waals surface area contributed by atoms with Gasteiger partial charge in [0, 0.05) is 6.42 Å². The van der Waals surface area contributed by atoms with Crippen molar-refractivity contribution in [1.82, 2.24) is 16.0 Å². The van der Waals surface area contributed by atoms with Crippen LogP contribution in [0.3, 0.4) is 0 Å². The summed E-state index contributed by atoms with van der Waals surface area (Å²) in [5.41, 5.74) is 6.71. The third kappa shape index (κ3) is 8.79. The Labute approximate surface area is 192 Å². The van der Waals surface area contributed by atoms with E-state index in [0.29, 0.717) is 6.42 Å². The van der Waals surface area contributed by atoms with E-state index in [4.69, 9.17) is 10.8 Å². The summed E-state index contributed by atoms with van der Waals surface area (Å²) < 4.78 is 0. The Bertz CT molecular complexity index is 803. The van der Waals surface area contributed by atoms with Gasteiger partial charge in [-0.25, -0.2) is 4.79 Å². The van der Waals surface area contributed by atoms with E-state index in [2.05, 4.69) is 16.0 Å². The normalized spacial score (nSPS) is 16.4. The molecule has 0 saturated heterocycles. The minimum atomic E-state index is -1.63. The maximum Gasteiger partial charge on any atom is 0.328 e. The van der Waals surface area contributed by atoms with Crippen LogP contribution in [0.5, 0.6) is 0 Å². The molecule has 0 spiro atoms. The van der Waals surface area contributed by atoms with E-state index in [1.54, 1.807) is 30.3 Å².